The number of benzene rings is 3. The van der Waals surface area contributed by atoms with Crippen LogP contribution in [0.3, 0.4) is 0 Å². The molecule has 0 bridgehead atoms. The van der Waals surface area contributed by atoms with Crippen LogP contribution >= 0.6 is 0 Å². The van der Waals surface area contributed by atoms with Crippen LogP contribution in [0.15, 0.2) is 90.1 Å². The fraction of sp³-hybridized carbons (Fsp3) is 0.267. The molecule has 1 unspecified atom stereocenters. The zero-order valence-electron chi connectivity index (χ0n) is 20.4. The summed E-state index contributed by atoms with van der Waals surface area (Å²) in [5.41, 5.74) is 11.1. The number of carbonyl (C=O) groups excluding carboxylic acids is 2. The zero-order chi connectivity index (χ0) is 25.2. The number of Topliss-reactive ketones (excluding diaryl/α,β-unsaturated/α-hetero) is 1. The van der Waals surface area contributed by atoms with E-state index in [9.17, 15) is 14.7 Å². The fourth-order valence-corrected chi connectivity index (χ4v) is 4.05. The quantitative estimate of drug-likeness (QED) is 0.226. The third kappa shape index (κ3) is 7.39. The Hall–Kier alpha value is -3.70. The molecule has 3 aromatic carbocycles. The minimum Gasteiger partial charge on any atom is -0.466 e. The van der Waals surface area contributed by atoms with Crippen molar-refractivity contribution in [1.29, 1.82) is 0 Å². The van der Waals surface area contributed by atoms with Gasteiger partial charge in [-0.05, 0) is 55.4 Å². The van der Waals surface area contributed by atoms with Crippen molar-refractivity contribution in [3.63, 3.8) is 0 Å². The van der Waals surface area contributed by atoms with E-state index in [0.717, 1.165) is 29.5 Å². The molecule has 3 rings (SSSR count). The number of rotatable bonds is 11. The molecule has 0 spiro atoms. The highest BCUT2D eigenvalue weighted by Gasteiger charge is 2.22. The number of aliphatic hydroxyl groups is 1. The first kappa shape index (κ1) is 25.9. The van der Waals surface area contributed by atoms with E-state index in [4.69, 9.17) is 10.5 Å². The number of aliphatic hydroxyl groups excluding tert-OH is 1. The molecule has 0 aromatic heterocycles. The summed E-state index contributed by atoms with van der Waals surface area (Å²) in [6, 6.07) is 25.0. The molecule has 0 radical (unpaired) electrons. The maximum atomic E-state index is 13.2. The van der Waals surface area contributed by atoms with Gasteiger partial charge in [-0.15, -0.1) is 0 Å². The lowest BCUT2D eigenvalue weighted by Gasteiger charge is -2.16. The van der Waals surface area contributed by atoms with Gasteiger partial charge >= 0.3 is 5.97 Å². The Balaban J connectivity index is 1.64. The fourth-order valence-electron chi connectivity index (χ4n) is 4.05. The second kappa shape index (κ2) is 12.7. The standard InChI is InChI=1S/C30H33NO4/c1-3-35-28(33)20-23-12-14-24(15-13-23)25-16-18-26(19-17-25)30(34)29(21(2)31)27(32)11-7-10-22-8-5-4-6-9-22/h4-6,8-9,12-19,27,32H,3,7,10-11,20,31H2,1-2H3. The van der Waals surface area contributed by atoms with Gasteiger partial charge in [0.15, 0.2) is 5.78 Å². The van der Waals surface area contributed by atoms with E-state index in [0.29, 0.717) is 24.3 Å². The lowest BCUT2D eigenvalue weighted by molar-refractivity contribution is -0.142. The van der Waals surface area contributed by atoms with Crippen LogP contribution < -0.4 is 5.73 Å². The van der Waals surface area contributed by atoms with Gasteiger partial charge in [-0.25, -0.2) is 0 Å². The molecule has 0 aliphatic heterocycles. The SMILES string of the molecule is CCOC(=O)Cc1ccc(-c2ccc(C(=O)C(=C(C)N)C(O)CCCc3ccccc3)cc2)cc1. The van der Waals surface area contributed by atoms with Crippen LogP contribution in [0.5, 0.6) is 0 Å². The molecule has 0 fully saturated rings. The van der Waals surface area contributed by atoms with E-state index in [2.05, 4.69) is 12.1 Å². The summed E-state index contributed by atoms with van der Waals surface area (Å²) in [4.78, 5) is 24.8. The number of allylic oxidation sites excluding steroid dienone is 1. The number of esters is 1. The van der Waals surface area contributed by atoms with Crippen molar-refractivity contribution in [3.05, 3.63) is 107 Å². The Morgan fingerprint density at radius 1 is 0.886 bits per heavy atom. The Labute approximate surface area is 207 Å². The summed E-state index contributed by atoms with van der Waals surface area (Å²) in [7, 11) is 0. The lowest BCUT2D eigenvalue weighted by atomic mass is 9.92. The van der Waals surface area contributed by atoms with Crippen molar-refractivity contribution < 1.29 is 19.4 Å². The second-order valence-corrected chi connectivity index (χ2v) is 8.58. The average molecular weight is 472 g/mol. The van der Waals surface area contributed by atoms with Gasteiger partial charge in [0.1, 0.15) is 0 Å². The predicted molar refractivity (Wildman–Crippen MR) is 139 cm³/mol. The maximum Gasteiger partial charge on any atom is 0.310 e. The van der Waals surface area contributed by atoms with E-state index in [1.54, 1.807) is 26.0 Å². The van der Waals surface area contributed by atoms with Crippen molar-refractivity contribution in [2.45, 2.75) is 45.6 Å². The molecule has 5 nitrogen and oxygen atoms in total. The van der Waals surface area contributed by atoms with Gasteiger partial charge in [-0.3, -0.25) is 9.59 Å². The maximum absolute atomic E-state index is 13.2. The summed E-state index contributed by atoms with van der Waals surface area (Å²) in [5, 5.41) is 10.8. The Kier molecular flexibility index (Phi) is 9.39. The molecule has 1 atom stereocenters. The molecule has 0 saturated heterocycles. The van der Waals surface area contributed by atoms with Crippen LogP contribution in [-0.2, 0) is 22.4 Å². The second-order valence-electron chi connectivity index (χ2n) is 8.58. The van der Waals surface area contributed by atoms with E-state index >= 15 is 0 Å². The minimum atomic E-state index is -0.914. The molecule has 0 aliphatic carbocycles. The molecule has 0 saturated carbocycles. The summed E-state index contributed by atoms with van der Waals surface area (Å²) < 4.78 is 4.99. The number of hydrogen-bond donors (Lipinski definition) is 2. The molecular formula is C30H33NO4. The predicted octanol–water partition coefficient (Wildman–Crippen LogP) is 5.26. The first-order chi connectivity index (χ1) is 16.9. The molecule has 3 aromatic rings. The molecule has 0 aliphatic rings. The van der Waals surface area contributed by atoms with Crippen LogP contribution in [-0.4, -0.2) is 29.6 Å². The Morgan fingerprint density at radius 3 is 2.06 bits per heavy atom. The molecular weight excluding hydrogens is 438 g/mol. The number of aryl methyl sites for hydroxylation is 1. The van der Waals surface area contributed by atoms with Crippen LogP contribution in [0, 0.1) is 0 Å². The van der Waals surface area contributed by atoms with Crippen LogP contribution in [0.4, 0.5) is 0 Å². The van der Waals surface area contributed by atoms with Gasteiger partial charge in [0, 0.05) is 16.8 Å². The summed E-state index contributed by atoms with van der Waals surface area (Å²) in [6.45, 7) is 3.81. The van der Waals surface area contributed by atoms with Gasteiger partial charge in [0.2, 0.25) is 0 Å². The van der Waals surface area contributed by atoms with Crippen molar-refractivity contribution in [3.8, 4) is 11.1 Å². The zero-order valence-corrected chi connectivity index (χ0v) is 20.4. The average Bonchev–Trinajstić information content (AvgIpc) is 2.85. The molecule has 182 valence electrons. The van der Waals surface area contributed by atoms with E-state index in [-0.39, 0.29) is 23.7 Å². The number of nitrogens with two attached hydrogens (primary N) is 1. The van der Waals surface area contributed by atoms with Gasteiger partial charge in [0.25, 0.3) is 0 Å². The number of carbonyl (C=O) groups is 2. The normalized spacial score (nSPS) is 12.5. The summed E-state index contributed by atoms with van der Waals surface area (Å²) >= 11 is 0. The van der Waals surface area contributed by atoms with Gasteiger partial charge in [-0.2, -0.15) is 0 Å². The Bertz CT molecular complexity index is 1150. The van der Waals surface area contributed by atoms with Crippen molar-refractivity contribution in [2.24, 2.45) is 5.73 Å². The van der Waals surface area contributed by atoms with Gasteiger partial charge in [-0.1, -0.05) is 78.9 Å². The van der Waals surface area contributed by atoms with Crippen molar-refractivity contribution in [2.75, 3.05) is 6.61 Å². The van der Waals surface area contributed by atoms with Gasteiger partial charge < -0.3 is 15.6 Å². The van der Waals surface area contributed by atoms with Crippen LogP contribution in [0.2, 0.25) is 0 Å². The van der Waals surface area contributed by atoms with Crippen LogP contribution in [0.1, 0.15) is 48.2 Å². The first-order valence-corrected chi connectivity index (χ1v) is 12.0. The Morgan fingerprint density at radius 2 is 1.49 bits per heavy atom. The minimum absolute atomic E-state index is 0.239. The van der Waals surface area contributed by atoms with E-state index in [1.165, 1.54) is 5.56 Å². The number of hydrogen-bond acceptors (Lipinski definition) is 5. The highest BCUT2D eigenvalue weighted by atomic mass is 16.5. The number of ether oxygens (including phenoxy) is 1. The molecule has 0 amide bonds. The third-order valence-corrected chi connectivity index (χ3v) is 5.88. The topological polar surface area (TPSA) is 89.6 Å². The van der Waals surface area contributed by atoms with Crippen molar-refractivity contribution >= 4 is 11.8 Å². The molecule has 3 N–H and O–H groups in total. The smallest absolute Gasteiger partial charge is 0.310 e. The lowest BCUT2D eigenvalue weighted by Crippen LogP contribution is -2.22. The summed E-state index contributed by atoms with van der Waals surface area (Å²) in [6.07, 6.45) is 1.36. The number of ketones is 1. The van der Waals surface area contributed by atoms with Crippen LogP contribution in [0.25, 0.3) is 11.1 Å². The molecule has 5 heteroatoms. The highest BCUT2D eigenvalue weighted by molar-refractivity contribution is 6.09. The van der Waals surface area contributed by atoms with Gasteiger partial charge in [0.05, 0.1) is 19.1 Å². The summed E-state index contributed by atoms with van der Waals surface area (Å²) in [5.74, 6) is -0.502. The molecule has 35 heavy (non-hydrogen) atoms. The largest absolute Gasteiger partial charge is 0.466 e. The molecule has 0 heterocycles. The monoisotopic (exact) mass is 471 g/mol. The first-order valence-electron chi connectivity index (χ1n) is 12.0. The van der Waals surface area contributed by atoms with Crippen molar-refractivity contribution in [1.82, 2.24) is 0 Å². The highest BCUT2D eigenvalue weighted by Crippen LogP contribution is 2.24. The van der Waals surface area contributed by atoms with E-state index in [1.807, 2.05) is 54.6 Å². The van der Waals surface area contributed by atoms with E-state index < -0.39 is 6.10 Å². The third-order valence-electron chi connectivity index (χ3n) is 5.88.